The van der Waals surface area contributed by atoms with E-state index < -0.39 is 28.7 Å². The molecular weight excluding hydrogens is 532 g/mol. The van der Waals surface area contributed by atoms with E-state index in [1.54, 1.807) is 35.7 Å². The molecule has 2 bridgehead atoms. The molecule has 4 aliphatic rings. The molecule has 1 aliphatic carbocycles. The zero-order valence-electron chi connectivity index (χ0n) is 20.4. The Labute approximate surface area is 220 Å². The predicted molar refractivity (Wildman–Crippen MR) is 140 cm³/mol. The Balaban J connectivity index is 1.72. The van der Waals surface area contributed by atoms with Gasteiger partial charge in [0.2, 0.25) is 11.8 Å². The van der Waals surface area contributed by atoms with Gasteiger partial charge in [0, 0.05) is 22.7 Å². The van der Waals surface area contributed by atoms with E-state index in [1.807, 2.05) is 4.90 Å². The number of ether oxygens (including phenoxy) is 1. The van der Waals surface area contributed by atoms with Gasteiger partial charge in [0.1, 0.15) is 6.04 Å². The van der Waals surface area contributed by atoms with Gasteiger partial charge in [-0.15, -0.1) is 24.9 Å². The van der Waals surface area contributed by atoms with Gasteiger partial charge in [0.05, 0.1) is 35.8 Å². The molecule has 7 atom stereocenters. The first-order valence-corrected chi connectivity index (χ1v) is 14.6. The molecule has 2 amide bonds. The molecule has 0 aromatic carbocycles. The number of esters is 1. The van der Waals surface area contributed by atoms with Crippen molar-refractivity contribution in [1.29, 1.82) is 0 Å². The molecule has 1 saturated carbocycles. The summed E-state index contributed by atoms with van der Waals surface area (Å²) < 4.78 is 4.82. The maximum Gasteiger partial charge on any atom is 0.310 e. The number of carbonyl (C=O) groups excluding carboxylic acids is 3. The molecule has 9 heteroatoms. The molecule has 194 valence electrons. The topological polar surface area (TPSA) is 87.2 Å². The van der Waals surface area contributed by atoms with Crippen molar-refractivity contribution in [2.75, 3.05) is 19.8 Å². The van der Waals surface area contributed by atoms with Crippen LogP contribution in [-0.4, -0.2) is 85.4 Å². The van der Waals surface area contributed by atoms with Crippen molar-refractivity contribution in [3.63, 3.8) is 0 Å². The van der Waals surface area contributed by atoms with E-state index in [0.29, 0.717) is 19.4 Å². The Bertz CT molecular complexity index is 865. The molecule has 0 radical (unpaired) electrons. The summed E-state index contributed by atoms with van der Waals surface area (Å²) >= 11 is 5.37. The highest BCUT2D eigenvalue weighted by atomic mass is 79.9. The number of nitrogens with zero attached hydrogens (tertiary/aromatic N) is 2. The first-order valence-electron chi connectivity index (χ1n) is 12.8. The number of aliphatic hydroxyl groups excluding tert-OH is 1. The minimum Gasteiger partial charge on any atom is -0.465 e. The SMILES string of the molecule is C=CCCOC(=O)[C@H]1[C@@H]2SC3(CC2Br)C(C(=O)N(CC=C)C2CCCCC2)N([C@H](C)CO)C(=O)[C@H]13. The van der Waals surface area contributed by atoms with Crippen molar-refractivity contribution in [2.24, 2.45) is 11.8 Å². The highest BCUT2D eigenvalue weighted by molar-refractivity contribution is 9.09. The largest absolute Gasteiger partial charge is 0.465 e. The molecule has 1 N–H and O–H groups in total. The van der Waals surface area contributed by atoms with E-state index in [4.69, 9.17) is 4.74 Å². The van der Waals surface area contributed by atoms with Crippen LogP contribution in [0.4, 0.5) is 0 Å². The number of amides is 2. The first kappa shape index (κ1) is 26.7. The van der Waals surface area contributed by atoms with Crippen molar-refractivity contribution in [3.05, 3.63) is 25.3 Å². The molecule has 7 nitrogen and oxygen atoms in total. The van der Waals surface area contributed by atoms with E-state index in [0.717, 1.165) is 25.7 Å². The fourth-order valence-electron chi connectivity index (χ4n) is 6.63. The number of aliphatic hydroxyl groups is 1. The summed E-state index contributed by atoms with van der Waals surface area (Å²) in [6.45, 7) is 9.74. The summed E-state index contributed by atoms with van der Waals surface area (Å²) in [5, 5.41) is 9.92. The van der Waals surface area contributed by atoms with Gasteiger partial charge in [-0.05, 0) is 32.6 Å². The molecule has 0 aromatic heterocycles. The van der Waals surface area contributed by atoms with Crippen molar-refractivity contribution < 1.29 is 24.2 Å². The Morgan fingerprint density at radius 1 is 1.31 bits per heavy atom. The van der Waals surface area contributed by atoms with Gasteiger partial charge in [-0.25, -0.2) is 0 Å². The van der Waals surface area contributed by atoms with Crippen molar-refractivity contribution >= 4 is 45.5 Å². The molecule has 4 fully saturated rings. The van der Waals surface area contributed by atoms with E-state index in [-0.39, 0.29) is 47.1 Å². The molecule has 3 saturated heterocycles. The lowest BCUT2D eigenvalue weighted by Crippen LogP contribution is -2.59. The second kappa shape index (κ2) is 11.0. The summed E-state index contributed by atoms with van der Waals surface area (Å²) in [7, 11) is 0. The van der Waals surface area contributed by atoms with Crippen LogP contribution in [0.5, 0.6) is 0 Å². The third kappa shape index (κ3) is 4.50. The second-order valence-electron chi connectivity index (χ2n) is 10.3. The number of carbonyl (C=O) groups is 3. The number of fused-ring (bicyclic) bond motifs is 1. The number of halogens is 1. The van der Waals surface area contributed by atoms with Crippen LogP contribution in [0.3, 0.4) is 0 Å². The summed E-state index contributed by atoms with van der Waals surface area (Å²) in [4.78, 5) is 45.1. The number of hydrogen-bond acceptors (Lipinski definition) is 6. The lowest BCUT2D eigenvalue weighted by Gasteiger charge is -2.42. The standard InChI is InChI=1S/C26H37BrN2O5S/c1-4-6-13-34-25(33)19-20-23(31)29(16(3)15-30)22(26(20)14-18(27)21(19)35-26)24(32)28(12-5-2)17-10-8-7-9-11-17/h4-5,16-22,30H,1-2,6-15H2,3H3/t16-,18?,19-,20+,21-,22?,26?/m1/s1. The summed E-state index contributed by atoms with van der Waals surface area (Å²) in [5.41, 5.74) is 0. The lowest BCUT2D eigenvalue weighted by atomic mass is 9.71. The van der Waals surface area contributed by atoms with Crippen molar-refractivity contribution in [3.8, 4) is 0 Å². The highest BCUT2D eigenvalue weighted by Gasteiger charge is 2.76. The fraction of sp³-hybridized carbons (Fsp3) is 0.731. The van der Waals surface area contributed by atoms with Crippen LogP contribution in [0.2, 0.25) is 0 Å². The Hall–Kier alpha value is -1.32. The number of rotatable bonds is 10. The molecular formula is C26H37BrN2O5S. The summed E-state index contributed by atoms with van der Waals surface area (Å²) in [6.07, 6.45) is 9.84. The highest BCUT2D eigenvalue weighted by Crippen LogP contribution is 2.68. The van der Waals surface area contributed by atoms with Crippen LogP contribution in [0.15, 0.2) is 25.3 Å². The van der Waals surface area contributed by atoms with Gasteiger partial charge in [-0.3, -0.25) is 14.4 Å². The minimum absolute atomic E-state index is 0.00396. The second-order valence-corrected chi connectivity index (χ2v) is 13.0. The van der Waals surface area contributed by atoms with Gasteiger partial charge in [0.25, 0.3) is 0 Å². The van der Waals surface area contributed by atoms with Crippen molar-refractivity contribution in [1.82, 2.24) is 9.80 Å². The molecule has 3 aliphatic heterocycles. The molecule has 0 aromatic rings. The number of alkyl halides is 1. The van der Waals surface area contributed by atoms with Gasteiger partial charge >= 0.3 is 5.97 Å². The summed E-state index contributed by atoms with van der Waals surface area (Å²) in [5.74, 6) is -1.94. The number of thioether (sulfide) groups is 1. The Morgan fingerprint density at radius 3 is 2.66 bits per heavy atom. The zero-order chi connectivity index (χ0) is 25.3. The third-order valence-corrected chi connectivity index (χ3v) is 11.4. The monoisotopic (exact) mass is 568 g/mol. The Kier molecular flexibility index (Phi) is 8.38. The number of likely N-dealkylation sites (tertiary alicyclic amines) is 1. The lowest BCUT2D eigenvalue weighted by molar-refractivity contribution is -0.154. The third-order valence-electron chi connectivity index (χ3n) is 8.16. The van der Waals surface area contributed by atoms with Crippen LogP contribution in [0.25, 0.3) is 0 Å². The molecule has 4 rings (SSSR count). The van der Waals surface area contributed by atoms with Crippen molar-refractivity contribution in [2.45, 2.75) is 84.8 Å². The first-order chi connectivity index (χ1) is 16.8. The smallest absolute Gasteiger partial charge is 0.310 e. The maximum atomic E-state index is 14.4. The van der Waals surface area contributed by atoms with Crippen LogP contribution in [0.1, 0.15) is 51.9 Å². The Morgan fingerprint density at radius 2 is 2.03 bits per heavy atom. The van der Waals surface area contributed by atoms with Crippen LogP contribution in [-0.2, 0) is 19.1 Å². The van der Waals surface area contributed by atoms with Crippen LogP contribution in [0, 0.1) is 11.8 Å². The minimum atomic E-state index is -0.731. The average Bonchev–Trinajstić information content (AvgIpc) is 3.45. The van der Waals surface area contributed by atoms with Gasteiger partial charge in [0.15, 0.2) is 0 Å². The van der Waals surface area contributed by atoms with Gasteiger partial charge in [-0.2, -0.15) is 0 Å². The van der Waals surface area contributed by atoms with Crippen LogP contribution >= 0.6 is 27.7 Å². The van der Waals surface area contributed by atoms with Gasteiger partial charge < -0.3 is 19.6 Å². The van der Waals surface area contributed by atoms with E-state index >= 15 is 0 Å². The molecule has 3 unspecified atom stereocenters. The maximum absolute atomic E-state index is 14.4. The quantitative estimate of drug-likeness (QED) is 0.188. The molecule has 1 spiro atoms. The van der Waals surface area contributed by atoms with E-state index in [1.165, 1.54) is 6.42 Å². The number of hydrogen-bond donors (Lipinski definition) is 1. The summed E-state index contributed by atoms with van der Waals surface area (Å²) in [6, 6.07) is -1.14. The van der Waals surface area contributed by atoms with Gasteiger partial charge in [-0.1, -0.05) is 47.3 Å². The molecule has 35 heavy (non-hydrogen) atoms. The zero-order valence-corrected chi connectivity index (χ0v) is 22.8. The van der Waals surface area contributed by atoms with E-state index in [9.17, 15) is 19.5 Å². The average molecular weight is 570 g/mol. The predicted octanol–water partition coefficient (Wildman–Crippen LogP) is 3.30. The fourth-order valence-corrected chi connectivity index (χ4v) is 10.2. The van der Waals surface area contributed by atoms with Crippen LogP contribution < -0.4 is 0 Å². The molecule has 3 heterocycles. The normalized spacial score (nSPS) is 35.0. The van der Waals surface area contributed by atoms with E-state index in [2.05, 4.69) is 29.1 Å².